The highest BCUT2D eigenvalue weighted by molar-refractivity contribution is 7.91. The topological polar surface area (TPSA) is 46.2 Å². The second-order valence-electron chi connectivity index (χ2n) is 3.99. The summed E-state index contributed by atoms with van der Waals surface area (Å²) in [4.78, 5) is -0.391. The summed E-state index contributed by atoms with van der Waals surface area (Å²) in [5.74, 6) is -0.874. The third-order valence-corrected chi connectivity index (χ3v) is 4.04. The monoisotopic (exact) mass is 287 g/mol. The van der Waals surface area contributed by atoms with E-state index in [0.29, 0.717) is 12.1 Å². The third-order valence-electron chi connectivity index (χ3n) is 2.65. The first kappa shape index (κ1) is 15.4. The van der Waals surface area contributed by atoms with E-state index in [-0.39, 0.29) is 6.04 Å². The van der Waals surface area contributed by atoms with Crippen LogP contribution < -0.4 is 5.32 Å². The van der Waals surface area contributed by atoms with Gasteiger partial charge in [-0.25, -0.2) is 8.42 Å². The molecule has 0 fully saturated rings. The van der Waals surface area contributed by atoms with Crippen LogP contribution in [0.5, 0.6) is 0 Å². The SMILES string of the molecule is C#CCC(CC)Nc1ccc(S(=O)(=O)C(F)F)cc1. The number of hydrogen-bond donors (Lipinski definition) is 1. The minimum absolute atomic E-state index is 0.0718. The van der Waals surface area contributed by atoms with E-state index < -0.39 is 20.5 Å². The lowest BCUT2D eigenvalue weighted by Gasteiger charge is -2.15. The molecular formula is C13H15F2NO2S. The van der Waals surface area contributed by atoms with Crippen LogP contribution in [0.1, 0.15) is 19.8 Å². The van der Waals surface area contributed by atoms with E-state index in [2.05, 4.69) is 11.2 Å². The molecule has 0 aliphatic carbocycles. The zero-order chi connectivity index (χ0) is 14.5. The van der Waals surface area contributed by atoms with Crippen molar-refractivity contribution < 1.29 is 17.2 Å². The fourth-order valence-corrected chi connectivity index (χ4v) is 2.24. The van der Waals surface area contributed by atoms with Crippen molar-refractivity contribution in [3.63, 3.8) is 0 Å². The van der Waals surface area contributed by atoms with E-state index in [9.17, 15) is 17.2 Å². The van der Waals surface area contributed by atoms with Gasteiger partial charge in [0.05, 0.1) is 4.90 Å². The quantitative estimate of drug-likeness (QED) is 0.818. The van der Waals surface area contributed by atoms with Crippen molar-refractivity contribution in [2.75, 3.05) is 5.32 Å². The molecule has 0 aromatic heterocycles. The number of terminal acetylenes is 1. The van der Waals surface area contributed by atoms with Crippen LogP contribution in [0.4, 0.5) is 14.5 Å². The first-order chi connectivity index (χ1) is 8.91. The van der Waals surface area contributed by atoms with Crippen molar-refractivity contribution in [1.82, 2.24) is 0 Å². The summed E-state index contributed by atoms with van der Waals surface area (Å²) >= 11 is 0. The Morgan fingerprint density at radius 1 is 1.32 bits per heavy atom. The van der Waals surface area contributed by atoms with Gasteiger partial charge in [0.15, 0.2) is 0 Å². The molecule has 1 aromatic rings. The Balaban J connectivity index is 2.86. The lowest BCUT2D eigenvalue weighted by Crippen LogP contribution is -2.17. The van der Waals surface area contributed by atoms with Crippen LogP contribution in [-0.2, 0) is 9.84 Å². The molecule has 1 aromatic carbocycles. The maximum Gasteiger partial charge on any atom is 0.341 e. The molecule has 6 heteroatoms. The molecule has 0 aliphatic rings. The lowest BCUT2D eigenvalue weighted by molar-refractivity contribution is 0.234. The summed E-state index contributed by atoms with van der Waals surface area (Å²) < 4.78 is 47.1. The van der Waals surface area contributed by atoms with Crippen molar-refractivity contribution in [3.05, 3.63) is 24.3 Å². The molecule has 0 bridgehead atoms. The predicted molar refractivity (Wildman–Crippen MR) is 70.8 cm³/mol. The van der Waals surface area contributed by atoms with Gasteiger partial charge in [0.25, 0.3) is 0 Å². The molecule has 0 radical (unpaired) electrons. The Morgan fingerprint density at radius 3 is 2.32 bits per heavy atom. The molecular weight excluding hydrogens is 272 g/mol. The zero-order valence-corrected chi connectivity index (χ0v) is 11.3. The molecule has 1 atom stereocenters. The number of halogens is 2. The Labute approximate surface area is 111 Å². The normalized spacial score (nSPS) is 13.0. The summed E-state index contributed by atoms with van der Waals surface area (Å²) in [6.07, 6.45) is 6.56. The summed E-state index contributed by atoms with van der Waals surface area (Å²) in [6.45, 7) is 1.96. The standard InChI is InChI=1S/C13H15F2NO2S/c1-3-5-10(4-2)16-11-6-8-12(9-7-11)19(17,18)13(14)15/h1,6-10,13,16H,4-5H2,2H3. The molecule has 19 heavy (non-hydrogen) atoms. The Bertz CT molecular complexity index is 547. The highest BCUT2D eigenvalue weighted by Crippen LogP contribution is 2.21. The average molecular weight is 287 g/mol. The van der Waals surface area contributed by atoms with E-state index in [1.165, 1.54) is 12.1 Å². The molecule has 1 unspecified atom stereocenters. The van der Waals surface area contributed by atoms with Crippen molar-refractivity contribution >= 4 is 15.5 Å². The number of alkyl halides is 2. The average Bonchev–Trinajstić information content (AvgIpc) is 2.38. The first-order valence-corrected chi connectivity index (χ1v) is 7.28. The molecule has 0 heterocycles. The van der Waals surface area contributed by atoms with Crippen LogP contribution in [0.3, 0.4) is 0 Å². The van der Waals surface area contributed by atoms with Gasteiger partial charge in [-0.15, -0.1) is 12.3 Å². The molecule has 0 amide bonds. The van der Waals surface area contributed by atoms with Gasteiger partial charge in [-0.2, -0.15) is 8.78 Å². The lowest BCUT2D eigenvalue weighted by atomic mass is 10.1. The number of sulfone groups is 1. The second kappa shape index (κ2) is 6.53. The molecule has 3 nitrogen and oxygen atoms in total. The van der Waals surface area contributed by atoms with Crippen molar-refractivity contribution in [2.45, 2.75) is 36.5 Å². The minimum Gasteiger partial charge on any atom is -0.381 e. The summed E-state index contributed by atoms with van der Waals surface area (Å²) in [5.41, 5.74) is 0.648. The highest BCUT2D eigenvalue weighted by atomic mass is 32.2. The van der Waals surface area contributed by atoms with Crippen LogP contribution in [-0.4, -0.2) is 20.2 Å². The van der Waals surface area contributed by atoms with Gasteiger partial charge < -0.3 is 5.32 Å². The van der Waals surface area contributed by atoms with E-state index >= 15 is 0 Å². The van der Waals surface area contributed by atoms with Crippen LogP contribution in [0.15, 0.2) is 29.2 Å². The summed E-state index contributed by atoms with van der Waals surface area (Å²) in [7, 11) is -4.53. The van der Waals surface area contributed by atoms with Crippen LogP contribution in [0, 0.1) is 12.3 Å². The fourth-order valence-electron chi connectivity index (χ4n) is 1.52. The van der Waals surface area contributed by atoms with Crippen LogP contribution in [0.2, 0.25) is 0 Å². The molecule has 1 rings (SSSR count). The van der Waals surface area contributed by atoms with Gasteiger partial charge in [-0.05, 0) is 30.7 Å². The zero-order valence-electron chi connectivity index (χ0n) is 10.4. The first-order valence-electron chi connectivity index (χ1n) is 5.74. The van der Waals surface area contributed by atoms with E-state index in [0.717, 1.165) is 18.6 Å². The van der Waals surface area contributed by atoms with Crippen molar-refractivity contribution in [2.24, 2.45) is 0 Å². The number of rotatable bonds is 6. The van der Waals surface area contributed by atoms with Gasteiger partial charge in [-0.3, -0.25) is 0 Å². The Morgan fingerprint density at radius 2 is 1.89 bits per heavy atom. The van der Waals surface area contributed by atoms with Gasteiger partial charge in [0.2, 0.25) is 9.84 Å². The smallest absolute Gasteiger partial charge is 0.341 e. The maximum absolute atomic E-state index is 12.3. The van der Waals surface area contributed by atoms with Crippen LogP contribution in [0.25, 0.3) is 0 Å². The Hall–Kier alpha value is -1.61. The predicted octanol–water partition coefficient (Wildman–Crippen LogP) is 2.90. The maximum atomic E-state index is 12.3. The minimum atomic E-state index is -4.53. The van der Waals surface area contributed by atoms with Gasteiger partial charge in [0, 0.05) is 18.2 Å². The molecule has 1 N–H and O–H groups in total. The summed E-state index contributed by atoms with van der Waals surface area (Å²) in [6, 6.07) is 5.30. The van der Waals surface area contributed by atoms with E-state index in [1.807, 2.05) is 6.92 Å². The fraction of sp³-hybridized carbons (Fsp3) is 0.385. The molecule has 0 saturated carbocycles. The van der Waals surface area contributed by atoms with Gasteiger partial charge >= 0.3 is 5.76 Å². The van der Waals surface area contributed by atoms with Gasteiger partial charge in [-0.1, -0.05) is 6.92 Å². The van der Waals surface area contributed by atoms with Crippen molar-refractivity contribution in [3.8, 4) is 12.3 Å². The third kappa shape index (κ3) is 3.93. The van der Waals surface area contributed by atoms with Crippen LogP contribution >= 0.6 is 0 Å². The molecule has 104 valence electrons. The molecule has 0 aliphatic heterocycles. The Kier molecular flexibility index (Phi) is 5.31. The van der Waals surface area contributed by atoms with Crippen molar-refractivity contribution in [1.29, 1.82) is 0 Å². The number of hydrogen-bond acceptors (Lipinski definition) is 3. The van der Waals surface area contributed by atoms with E-state index in [1.54, 1.807) is 0 Å². The largest absolute Gasteiger partial charge is 0.381 e. The number of benzene rings is 1. The van der Waals surface area contributed by atoms with E-state index in [4.69, 9.17) is 6.42 Å². The number of anilines is 1. The molecule has 0 spiro atoms. The molecule has 0 saturated heterocycles. The number of nitrogens with one attached hydrogen (secondary N) is 1. The highest BCUT2D eigenvalue weighted by Gasteiger charge is 2.26. The summed E-state index contributed by atoms with van der Waals surface area (Å²) in [5, 5.41) is 3.11. The second-order valence-corrected chi connectivity index (χ2v) is 5.91. The van der Waals surface area contributed by atoms with Gasteiger partial charge in [0.1, 0.15) is 0 Å².